The molecule has 4 atom stereocenters. The number of fused-ring (bicyclic) bond motifs is 1. The third-order valence-corrected chi connectivity index (χ3v) is 9.01. The van der Waals surface area contributed by atoms with Crippen LogP contribution in [0.1, 0.15) is 67.9 Å². The summed E-state index contributed by atoms with van der Waals surface area (Å²) in [5.74, 6) is -3.15. The van der Waals surface area contributed by atoms with Crippen molar-refractivity contribution in [3.8, 4) is 0 Å². The van der Waals surface area contributed by atoms with Crippen LogP contribution in [0.25, 0.3) is 0 Å². The Morgan fingerprint density at radius 3 is 2.22 bits per heavy atom. The number of benzene rings is 3. The number of carbonyl (C=O) groups excluding carboxylic acids is 4. The number of aliphatic hydroxyl groups is 1. The molecule has 0 saturated carbocycles. The first-order chi connectivity index (χ1) is 24.4. The molecule has 5 rings (SSSR count). The lowest BCUT2D eigenvalue weighted by molar-refractivity contribution is -0.157. The van der Waals surface area contributed by atoms with Gasteiger partial charge < -0.3 is 34.7 Å². The number of hydrogen-bond donors (Lipinski definition) is 3. The maximum absolute atomic E-state index is 13.5. The quantitative estimate of drug-likeness (QED) is 0.161. The number of halogens is 1. The summed E-state index contributed by atoms with van der Waals surface area (Å²) in [7, 11) is 0. The van der Waals surface area contributed by atoms with Crippen molar-refractivity contribution < 1.29 is 43.2 Å². The van der Waals surface area contributed by atoms with Crippen molar-refractivity contribution in [2.24, 2.45) is 0 Å². The fraction of sp³-hybridized carbons (Fsp3) is 0.385. The normalized spacial score (nSPS) is 19.9. The summed E-state index contributed by atoms with van der Waals surface area (Å²) in [4.78, 5) is 51.7. The SMILES string of the molecule is CC(C)(C)OC(=O)CC[C@@H](CO)NC(=O)CCNC(=O)C1=C[C@H]2OC(c3ccccc3)(c3ccccc3)O[C@H]2[C@H](OC(=O)c2cccc(I)c2)C1. The van der Waals surface area contributed by atoms with E-state index in [9.17, 15) is 24.3 Å². The van der Waals surface area contributed by atoms with Crippen molar-refractivity contribution in [1.82, 2.24) is 10.6 Å². The fourth-order valence-electron chi connectivity index (χ4n) is 6.01. The second-order valence-electron chi connectivity index (χ2n) is 13.4. The number of ether oxygens (including phenoxy) is 4. The Bertz CT molecular complexity index is 1690. The van der Waals surface area contributed by atoms with E-state index in [0.29, 0.717) is 11.1 Å². The predicted octanol–water partition coefficient (Wildman–Crippen LogP) is 4.94. The second-order valence-corrected chi connectivity index (χ2v) is 14.7. The molecule has 3 N–H and O–H groups in total. The van der Waals surface area contributed by atoms with Crippen LogP contribution in [0.2, 0.25) is 0 Å². The molecule has 12 heteroatoms. The lowest BCUT2D eigenvalue weighted by Gasteiger charge is -2.31. The van der Waals surface area contributed by atoms with E-state index >= 15 is 0 Å². The number of amides is 2. The minimum Gasteiger partial charge on any atom is -0.460 e. The first-order valence-electron chi connectivity index (χ1n) is 16.9. The number of carbonyl (C=O) groups is 4. The van der Waals surface area contributed by atoms with Gasteiger partial charge in [-0.1, -0.05) is 66.7 Å². The monoisotopic (exact) mass is 810 g/mol. The van der Waals surface area contributed by atoms with Gasteiger partial charge in [0.1, 0.15) is 23.9 Å². The molecule has 1 aliphatic carbocycles. The van der Waals surface area contributed by atoms with Gasteiger partial charge in [0.15, 0.2) is 0 Å². The van der Waals surface area contributed by atoms with Crippen LogP contribution in [-0.2, 0) is 39.1 Å². The molecule has 0 aromatic heterocycles. The highest BCUT2D eigenvalue weighted by molar-refractivity contribution is 14.1. The molecule has 0 bridgehead atoms. The molecular formula is C39H43IN2O9. The van der Waals surface area contributed by atoms with E-state index in [1.807, 2.05) is 66.7 Å². The van der Waals surface area contributed by atoms with E-state index in [2.05, 4.69) is 33.2 Å². The number of esters is 2. The Morgan fingerprint density at radius 2 is 1.61 bits per heavy atom. The molecule has 2 aliphatic rings. The van der Waals surface area contributed by atoms with Crippen molar-refractivity contribution in [2.75, 3.05) is 13.2 Å². The van der Waals surface area contributed by atoms with Crippen molar-refractivity contribution in [3.63, 3.8) is 0 Å². The van der Waals surface area contributed by atoms with Gasteiger partial charge in [-0.15, -0.1) is 0 Å². The molecule has 3 aromatic rings. The predicted molar refractivity (Wildman–Crippen MR) is 196 cm³/mol. The third kappa shape index (κ3) is 10.0. The molecule has 1 aliphatic heterocycles. The van der Waals surface area contributed by atoms with Gasteiger partial charge in [0.05, 0.1) is 18.2 Å². The smallest absolute Gasteiger partial charge is 0.338 e. The van der Waals surface area contributed by atoms with Gasteiger partial charge in [0.2, 0.25) is 17.6 Å². The van der Waals surface area contributed by atoms with Crippen LogP contribution in [0.4, 0.5) is 0 Å². The average molecular weight is 811 g/mol. The zero-order valence-corrected chi connectivity index (χ0v) is 31.0. The van der Waals surface area contributed by atoms with Crippen LogP contribution >= 0.6 is 22.6 Å². The summed E-state index contributed by atoms with van der Waals surface area (Å²) >= 11 is 2.13. The van der Waals surface area contributed by atoms with Crippen LogP contribution in [0, 0.1) is 3.57 Å². The minimum atomic E-state index is -1.34. The summed E-state index contributed by atoms with van der Waals surface area (Å²) in [5, 5.41) is 15.2. The van der Waals surface area contributed by atoms with Gasteiger partial charge in [-0.25, -0.2) is 4.79 Å². The summed E-state index contributed by atoms with van der Waals surface area (Å²) in [5.41, 5.74) is 1.54. The van der Waals surface area contributed by atoms with Gasteiger partial charge in [-0.05, 0) is 74.1 Å². The van der Waals surface area contributed by atoms with E-state index in [4.69, 9.17) is 18.9 Å². The average Bonchev–Trinajstić information content (AvgIpc) is 3.51. The molecule has 2 amide bonds. The maximum Gasteiger partial charge on any atom is 0.338 e. The number of aliphatic hydroxyl groups excluding tert-OH is 1. The zero-order chi connectivity index (χ0) is 36.6. The van der Waals surface area contributed by atoms with E-state index < -0.39 is 59.5 Å². The number of rotatable bonds is 13. The van der Waals surface area contributed by atoms with Crippen LogP contribution in [-0.4, -0.2) is 72.0 Å². The van der Waals surface area contributed by atoms with Crippen LogP contribution in [0.15, 0.2) is 96.6 Å². The van der Waals surface area contributed by atoms with Gasteiger partial charge in [-0.2, -0.15) is 0 Å². The molecule has 270 valence electrons. The Hall–Kier alpha value is -4.11. The lowest BCUT2D eigenvalue weighted by atomic mass is 9.91. The van der Waals surface area contributed by atoms with Gasteiger partial charge >= 0.3 is 11.9 Å². The molecule has 1 heterocycles. The summed E-state index contributed by atoms with van der Waals surface area (Å²) in [6.45, 7) is 4.95. The van der Waals surface area contributed by atoms with Gasteiger partial charge in [0, 0.05) is 46.1 Å². The second kappa shape index (κ2) is 16.9. The van der Waals surface area contributed by atoms with Crippen molar-refractivity contribution in [2.45, 2.75) is 82.2 Å². The van der Waals surface area contributed by atoms with E-state index in [1.165, 1.54) is 0 Å². The molecule has 0 unspecified atom stereocenters. The number of nitrogens with one attached hydrogen (secondary N) is 2. The first kappa shape index (κ1) is 38.1. The van der Waals surface area contributed by atoms with Crippen molar-refractivity contribution in [3.05, 3.63) is 117 Å². The van der Waals surface area contributed by atoms with E-state index in [0.717, 1.165) is 14.7 Å². The highest BCUT2D eigenvalue weighted by atomic mass is 127. The Labute approximate surface area is 311 Å². The van der Waals surface area contributed by atoms with Crippen LogP contribution < -0.4 is 10.6 Å². The molecule has 11 nitrogen and oxygen atoms in total. The minimum absolute atomic E-state index is 0.00253. The molecule has 1 saturated heterocycles. The fourth-order valence-corrected chi connectivity index (χ4v) is 6.55. The highest BCUT2D eigenvalue weighted by Crippen LogP contribution is 2.47. The topological polar surface area (TPSA) is 149 Å². The van der Waals surface area contributed by atoms with Crippen LogP contribution in [0.3, 0.4) is 0 Å². The molecule has 3 aromatic carbocycles. The van der Waals surface area contributed by atoms with E-state index in [1.54, 1.807) is 45.0 Å². The Balaban J connectivity index is 1.29. The maximum atomic E-state index is 13.5. The summed E-state index contributed by atoms with van der Waals surface area (Å²) in [6, 6.07) is 25.3. The molecule has 0 spiro atoms. The van der Waals surface area contributed by atoms with Crippen LogP contribution in [0.5, 0.6) is 0 Å². The van der Waals surface area contributed by atoms with E-state index in [-0.39, 0.29) is 38.8 Å². The lowest BCUT2D eigenvalue weighted by Crippen LogP contribution is -2.44. The molecule has 0 radical (unpaired) electrons. The number of hydrogen-bond acceptors (Lipinski definition) is 9. The van der Waals surface area contributed by atoms with Crippen molar-refractivity contribution >= 4 is 46.3 Å². The molecular weight excluding hydrogens is 767 g/mol. The Kier molecular flexibility index (Phi) is 12.7. The molecule has 51 heavy (non-hydrogen) atoms. The van der Waals surface area contributed by atoms with Gasteiger partial charge in [0.25, 0.3) is 0 Å². The molecule has 1 fully saturated rings. The third-order valence-electron chi connectivity index (χ3n) is 8.34. The summed E-state index contributed by atoms with van der Waals surface area (Å²) in [6.07, 6.45) is -0.452. The largest absolute Gasteiger partial charge is 0.460 e. The zero-order valence-electron chi connectivity index (χ0n) is 28.8. The Morgan fingerprint density at radius 1 is 0.941 bits per heavy atom. The standard InChI is InChI=1S/C39H43IN2O9/c1-38(2,3)50-34(45)18-17-30(24-43)42-33(44)19-20-41-36(46)26-22-31(48-37(47)25-11-10-16-29(40)21-25)35-32(23-26)49-39(51-35,27-12-6-4-7-13-27)28-14-8-5-9-15-28/h4-16,21,23,30-32,35,43H,17-20,22,24H2,1-3H3,(H,41,46)(H,42,44)/t30-,31+,32+,35-/m0/s1. The van der Waals surface area contributed by atoms with Gasteiger partial charge in [-0.3, -0.25) is 14.4 Å². The highest BCUT2D eigenvalue weighted by Gasteiger charge is 2.55. The first-order valence-corrected chi connectivity index (χ1v) is 18.0. The van der Waals surface area contributed by atoms with Crippen molar-refractivity contribution in [1.29, 1.82) is 0 Å². The summed E-state index contributed by atoms with van der Waals surface area (Å²) < 4.78 is 25.7.